The van der Waals surface area contributed by atoms with Gasteiger partial charge in [-0.25, -0.2) is 0 Å². The van der Waals surface area contributed by atoms with Crippen molar-refractivity contribution >= 4 is 0 Å². The quantitative estimate of drug-likeness (QED) is 0.632. The highest BCUT2D eigenvalue weighted by atomic mass is 16.3. The van der Waals surface area contributed by atoms with Crippen molar-refractivity contribution in [2.45, 2.75) is 13.8 Å². The van der Waals surface area contributed by atoms with Crippen molar-refractivity contribution in [3.05, 3.63) is 0 Å². The Kier molecular flexibility index (Phi) is 14.9. The molecular weight excluding hydrogens is 178 g/mol. The predicted molar refractivity (Wildman–Crippen MR) is 62.5 cm³/mol. The second-order valence-corrected chi connectivity index (χ2v) is 3.34. The van der Waals surface area contributed by atoms with Gasteiger partial charge in [-0.05, 0) is 27.2 Å². The molecule has 88 valence electrons. The van der Waals surface area contributed by atoms with E-state index >= 15 is 0 Å². The Balaban J connectivity index is 0. The molecule has 14 heavy (non-hydrogen) atoms. The highest BCUT2D eigenvalue weighted by Gasteiger charge is 1.92. The van der Waals surface area contributed by atoms with Gasteiger partial charge >= 0.3 is 0 Å². The molecule has 0 heterocycles. The molecule has 0 unspecified atom stereocenters. The fourth-order valence-electron chi connectivity index (χ4n) is 0.922. The summed E-state index contributed by atoms with van der Waals surface area (Å²) in [5.41, 5.74) is 5.34. The first kappa shape index (κ1) is 16.3. The second-order valence-electron chi connectivity index (χ2n) is 3.34. The summed E-state index contributed by atoms with van der Waals surface area (Å²) in [6, 6.07) is 0. The summed E-state index contributed by atoms with van der Waals surface area (Å²) in [4.78, 5) is 4.24. The molecule has 4 nitrogen and oxygen atoms in total. The summed E-state index contributed by atoms with van der Waals surface area (Å²) in [5, 5.41) is 8.20. The molecule has 0 saturated carbocycles. The number of nitrogens with two attached hydrogens (primary N) is 1. The fraction of sp³-hybridized carbons (Fsp3) is 1.00. The van der Waals surface area contributed by atoms with Gasteiger partial charge in [0.15, 0.2) is 0 Å². The van der Waals surface area contributed by atoms with Crippen LogP contribution in [0.1, 0.15) is 13.8 Å². The van der Waals surface area contributed by atoms with Gasteiger partial charge in [-0.15, -0.1) is 0 Å². The molecule has 4 heteroatoms. The lowest BCUT2D eigenvalue weighted by Gasteiger charge is -2.15. The summed E-state index contributed by atoms with van der Waals surface area (Å²) in [5.74, 6) is 0. The minimum Gasteiger partial charge on any atom is -0.395 e. The molecular formula is C10H27N3O. The van der Waals surface area contributed by atoms with Crippen LogP contribution in [0.2, 0.25) is 0 Å². The Bertz CT molecular complexity index is 95.4. The topological polar surface area (TPSA) is 52.7 Å². The molecule has 0 aliphatic carbocycles. The zero-order valence-corrected chi connectivity index (χ0v) is 10.2. The summed E-state index contributed by atoms with van der Waals surface area (Å²) in [7, 11) is 3.85. The van der Waals surface area contributed by atoms with E-state index in [1.54, 1.807) is 0 Å². The Morgan fingerprint density at radius 3 is 1.64 bits per heavy atom. The number of likely N-dealkylation sites (N-methyl/N-ethyl adjacent to an activating group) is 2. The Hall–Kier alpha value is -0.160. The van der Waals surface area contributed by atoms with Crippen LogP contribution >= 0.6 is 0 Å². The van der Waals surface area contributed by atoms with E-state index in [9.17, 15) is 0 Å². The van der Waals surface area contributed by atoms with E-state index in [0.717, 1.165) is 32.7 Å². The van der Waals surface area contributed by atoms with E-state index in [-0.39, 0.29) is 6.61 Å². The number of hydrogen-bond donors (Lipinski definition) is 2. The molecule has 0 radical (unpaired) electrons. The van der Waals surface area contributed by atoms with Crippen LogP contribution in [0.4, 0.5) is 0 Å². The zero-order valence-electron chi connectivity index (χ0n) is 10.2. The van der Waals surface area contributed by atoms with Gasteiger partial charge in [0.1, 0.15) is 0 Å². The highest BCUT2D eigenvalue weighted by molar-refractivity contribution is 4.50. The van der Waals surface area contributed by atoms with Crippen molar-refractivity contribution in [3.8, 4) is 0 Å². The zero-order chi connectivity index (χ0) is 11.4. The van der Waals surface area contributed by atoms with Crippen LogP contribution in [-0.4, -0.2) is 68.3 Å². The molecule has 0 amide bonds. The van der Waals surface area contributed by atoms with Crippen molar-refractivity contribution in [1.29, 1.82) is 0 Å². The molecule has 0 rings (SSSR count). The molecule has 0 bridgehead atoms. The normalized spacial score (nSPS) is 10.3. The van der Waals surface area contributed by atoms with Crippen molar-refractivity contribution in [1.82, 2.24) is 9.80 Å². The van der Waals surface area contributed by atoms with Crippen LogP contribution in [0, 0.1) is 0 Å². The first-order valence-electron chi connectivity index (χ1n) is 5.30. The maximum absolute atomic E-state index is 8.20. The van der Waals surface area contributed by atoms with Crippen molar-refractivity contribution in [2.75, 3.05) is 53.4 Å². The van der Waals surface area contributed by atoms with Crippen LogP contribution in [0.25, 0.3) is 0 Å². The van der Waals surface area contributed by atoms with Crippen LogP contribution in [-0.2, 0) is 0 Å². The Morgan fingerprint density at radius 1 is 1.07 bits per heavy atom. The first-order valence-corrected chi connectivity index (χ1v) is 5.30. The third kappa shape index (κ3) is 14.4. The van der Waals surface area contributed by atoms with Crippen molar-refractivity contribution in [2.24, 2.45) is 5.73 Å². The summed E-state index contributed by atoms with van der Waals surface area (Å²) in [6.45, 7) is 9.38. The summed E-state index contributed by atoms with van der Waals surface area (Å²) < 4.78 is 0. The van der Waals surface area contributed by atoms with E-state index in [1.807, 2.05) is 19.0 Å². The molecule has 0 aliphatic heterocycles. The molecule has 0 aromatic carbocycles. The van der Waals surface area contributed by atoms with Crippen molar-refractivity contribution < 1.29 is 5.11 Å². The first-order chi connectivity index (χ1) is 6.62. The largest absolute Gasteiger partial charge is 0.395 e. The Labute approximate surface area is 88.7 Å². The average molecular weight is 205 g/mol. The lowest BCUT2D eigenvalue weighted by molar-refractivity contribution is 0.243. The third-order valence-corrected chi connectivity index (χ3v) is 1.89. The van der Waals surface area contributed by atoms with Gasteiger partial charge < -0.3 is 20.6 Å². The van der Waals surface area contributed by atoms with Crippen LogP contribution in [0.5, 0.6) is 0 Å². The van der Waals surface area contributed by atoms with E-state index in [1.165, 1.54) is 0 Å². The fourth-order valence-corrected chi connectivity index (χ4v) is 0.922. The molecule has 0 aliphatic rings. The lowest BCUT2D eigenvalue weighted by atomic mass is 10.5. The number of aliphatic hydroxyl groups is 1. The average Bonchev–Trinajstić information content (AvgIpc) is 2.15. The molecule has 0 atom stereocenters. The summed E-state index contributed by atoms with van der Waals surface area (Å²) in [6.07, 6.45) is 0. The predicted octanol–water partition coefficient (Wildman–Crippen LogP) is -0.173. The molecule has 0 aromatic rings. The smallest absolute Gasteiger partial charge is 0.0558 e. The molecule has 0 fully saturated rings. The minimum atomic E-state index is 0.257. The number of aliphatic hydroxyl groups excluding tert-OH is 1. The third-order valence-electron chi connectivity index (χ3n) is 1.89. The lowest BCUT2D eigenvalue weighted by Crippen LogP contribution is -2.28. The van der Waals surface area contributed by atoms with E-state index in [2.05, 4.69) is 18.7 Å². The summed E-state index contributed by atoms with van der Waals surface area (Å²) >= 11 is 0. The minimum absolute atomic E-state index is 0.257. The molecule has 0 saturated heterocycles. The highest BCUT2D eigenvalue weighted by Crippen LogP contribution is 1.81. The molecule has 3 N–H and O–H groups in total. The maximum Gasteiger partial charge on any atom is 0.0558 e. The van der Waals surface area contributed by atoms with Crippen LogP contribution < -0.4 is 5.73 Å². The monoisotopic (exact) mass is 205 g/mol. The van der Waals surface area contributed by atoms with Gasteiger partial charge in [0.25, 0.3) is 0 Å². The van der Waals surface area contributed by atoms with Gasteiger partial charge in [0.05, 0.1) is 6.61 Å². The van der Waals surface area contributed by atoms with Gasteiger partial charge in [-0.3, -0.25) is 0 Å². The second kappa shape index (κ2) is 12.8. The number of nitrogens with zero attached hydrogens (tertiary/aromatic N) is 2. The van der Waals surface area contributed by atoms with Gasteiger partial charge in [0.2, 0.25) is 0 Å². The number of hydrogen-bond acceptors (Lipinski definition) is 4. The standard InChI is InChI=1S/C6H16N2.C4H11NO/c1-3-8(4-2)6-5-7;1-5(2)3-4-6/h3-7H2,1-2H3;6H,3-4H2,1-2H3. The van der Waals surface area contributed by atoms with E-state index in [0.29, 0.717) is 0 Å². The number of rotatable bonds is 6. The van der Waals surface area contributed by atoms with Crippen LogP contribution in [0.3, 0.4) is 0 Å². The van der Waals surface area contributed by atoms with Gasteiger partial charge in [-0.2, -0.15) is 0 Å². The maximum atomic E-state index is 8.20. The van der Waals surface area contributed by atoms with Gasteiger partial charge in [-0.1, -0.05) is 13.8 Å². The van der Waals surface area contributed by atoms with Crippen molar-refractivity contribution in [3.63, 3.8) is 0 Å². The molecule has 0 aromatic heterocycles. The van der Waals surface area contributed by atoms with Gasteiger partial charge in [0, 0.05) is 19.6 Å². The Morgan fingerprint density at radius 2 is 1.57 bits per heavy atom. The molecule has 0 spiro atoms. The van der Waals surface area contributed by atoms with E-state index in [4.69, 9.17) is 10.8 Å². The van der Waals surface area contributed by atoms with Crippen LogP contribution in [0.15, 0.2) is 0 Å². The SMILES string of the molecule is CCN(CC)CCN.CN(C)CCO. The van der Waals surface area contributed by atoms with E-state index < -0.39 is 0 Å².